The summed E-state index contributed by atoms with van der Waals surface area (Å²) in [5, 5.41) is 5.32. The number of halogens is 1. The Balaban J connectivity index is 1.71. The van der Waals surface area contributed by atoms with Crippen molar-refractivity contribution in [3.63, 3.8) is 0 Å². The number of nitrogens with zero attached hydrogens (tertiary/aromatic N) is 2. The highest BCUT2D eigenvalue weighted by Gasteiger charge is 2.12. The maximum absolute atomic E-state index is 12.3. The molecule has 1 amide bonds. The van der Waals surface area contributed by atoms with Gasteiger partial charge in [0, 0.05) is 17.7 Å². The largest absolute Gasteiger partial charge is 0.497 e. The number of hydrogen-bond acceptors (Lipinski definition) is 4. The monoisotopic (exact) mass is 375 g/mol. The van der Waals surface area contributed by atoms with Crippen molar-refractivity contribution in [1.29, 1.82) is 0 Å². The van der Waals surface area contributed by atoms with Crippen LogP contribution in [0.25, 0.3) is 11.0 Å². The number of ether oxygens (including phenoxy) is 1. The second kappa shape index (κ2) is 7.72. The van der Waals surface area contributed by atoms with E-state index in [1.54, 1.807) is 13.2 Å². The smallest absolute Gasteiger partial charge is 0.244 e. The Morgan fingerprint density at radius 3 is 2.88 bits per heavy atom. The Kier molecular flexibility index (Phi) is 5.40. The highest BCUT2D eigenvalue weighted by atomic mass is 35.5. The molecule has 1 N–H and O–H groups in total. The van der Waals surface area contributed by atoms with E-state index in [1.807, 2.05) is 47.2 Å². The van der Waals surface area contributed by atoms with E-state index < -0.39 is 0 Å². The van der Waals surface area contributed by atoms with E-state index in [-0.39, 0.29) is 11.9 Å². The number of amides is 1. The predicted octanol–water partition coefficient (Wildman–Crippen LogP) is 4.34. The van der Waals surface area contributed by atoms with Gasteiger partial charge in [0.05, 0.1) is 18.8 Å². The minimum absolute atomic E-state index is 0.0647. The van der Waals surface area contributed by atoms with Crippen molar-refractivity contribution in [1.82, 2.24) is 14.7 Å². The summed E-state index contributed by atoms with van der Waals surface area (Å²) in [6.07, 6.45) is 5.83. The zero-order valence-electron chi connectivity index (χ0n) is 13.9. The van der Waals surface area contributed by atoms with E-state index in [1.165, 1.54) is 17.4 Å². The zero-order chi connectivity index (χ0) is 17.8. The summed E-state index contributed by atoms with van der Waals surface area (Å²) in [6.45, 7) is 2.03. The highest BCUT2D eigenvalue weighted by molar-refractivity contribution is 7.15. The van der Waals surface area contributed by atoms with Crippen LogP contribution in [-0.4, -0.2) is 22.4 Å². The quantitative estimate of drug-likeness (QED) is 0.652. The number of aromatic nitrogens is 2. The van der Waals surface area contributed by atoms with E-state index >= 15 is 0 Å². The lowest BCUT2D eigenvalue weighted by molar-refractivity contribution is -0.117. The van der Waals surface area contributed by atoms with Gasteiger partial charge in [-0.25, -0.2) is 4.98 Å². The van der Waals surface area contributed by atoms with Crippen LogP contribution in [0.5, 0.6) is 5.75 Å². The Labute approximate surface area is 154 Å². The van der Waals surface area contributed by atoms with Crippen molar-refractivity contribution >= 4 is 39.9 Å². The zero-order valence-corrected chi connectivity index (χ0v) is 15.5. The van der Waals surface area contributed by atoms with E-state index in [2.05, 4.69) is 10.3 Å². The van der Waals surface area contributed by atoms with E-state index in [9.17, 15) is 4.79 Å². The van der Waals surface area contributed by atoms with Gasteiger partial charge in [-0.2, -0.15) is 0 Å². The topological polar surface area (TPSA) is 55.6 Å². The number of thiazole rings is 1. The first-order chi connectivity index (χ1) is 12.1. The lowest BCUT2D eigenvalue weighted by Crippen LogP contribution is -2.26. The van der Waals surface area contributed by atoms with Gasteiger partial charge in [0.15, 0.2) is 10.1 Å². The summed E-state index contributed by atoms with van der Waals surface area (Å²) in [4.78, 5) is 17.3. The maximum atomic E-state index is 12.3. The number of nitrogens with one attached hydrogen (secondary N) is 1. The molecular formula is C18H18ClN3O2S. The van der Waals surface area contributed by atoms with Gasteiger partial charge in [0.25, 0.3) is 0 Å². The fraction of sp³-hybridized carbons (Fsp3) is 0.222. The normalized spacial score (nSPS) is 12.6. The second-order valence-corrected chi connectivity index (χ2v) is 6.65. The van der Waals surface area contributed by atoms with Crippen molar-refractivity contribution in [3.8, 4) is 5.75 Å². The predicted molar refractivity (Wildman–Crippen MR) is 101 cm³/mol. The molecule has 0 fully saturated rings. The average molecular weight is 376 g/mol. The molecular weight excluding hydrogens is 358 g/mol. The van der Waals surface area contributed by atoms with E-state index in [0.717, 1.165) is 22.7 Å². The molecule has 1 aromatic carbocycles. The average Bonchev–Trinajstić information content (AvgIpc) is 3.18. The Morgan fingerprint density at radius 2 is 2.20 bits per heavy atom. The molecule has 1 unspecified atom stereocenters. The first-order valence-electron chi connectivity index (χ1n) is 7.86. The molecule has 1 atom stereocenters. The van der Waals surface area contributed by atoms with Crippen LogP contribution < -0.4 is 10.1 Å². The Hall–Kier alpha value is -2.31. The Morgan fingerprint density at radius 1 is 1.44 bits per heavy atom. The molecule has 0 saturated heterocycles. The number of rotatable bonds is 6. The highest BCUT2D eigenvalue weighted by Crippen LogP contribution is 2.23. The van der Waals surface area contributed by atoms with Crippen LogP contribution in [0.15, 0.2) is 41.9 Å². The van der Waals surface area contributed by atoms with Crippen molar-refractivity contribution in [2.24, 2.45) is 0 Å². The molecule has 2 heterocycles. The summed E-state index contributed by atoms with van der Waals surface area (Å²) < 4.78 is 7.02. The summed E-state index contributed by atoms with van der Waals surface area (Å²) in [5.41, 5.74) is 1.73. The lowest BCUT2D eigenvalue weighted by atomic mass is 10.0. The first-order valence-corrected chi connectivity index (χ1v) is 9.11. The molecule has 0 saturated carbocycles. The van der Waals surface area contributed by atoms with Crippen molar-refractivity contribution in [2.45, 2.75) is 19.4 Å². The van der Waals surface area contributed by atoms with Gasteiger partial charge >= 0.3 is 0 Å². The standard InChI is InChI=1S/C18H18ClN3O2S/c1-3-14(12-4-6-13(24-2)7-5-12)20-16(23)9-8-15-17(19)21-18-22(15)10-11-25-18/h4-11,14H,3H2,1-2H3,(H,20,23)/b9-8+. The van der Waals surface area contributed by atoms with Crippen LogP contribution in [0, 0.1) is 0 Å². The number of carbonyl (C=O) groups is 1. The maximum Gasteiger partial charge on any atom is 0.244 e. The van der Waals surface area contributed by atoms with Crippen molar-refractivity contribution < 1.29 is 9.53 Å². The molecule has 130 valence electrons. The molecule has 0 aliphatic carbocycles. The summed E-state index contributed by atoms with van der Waals surface area (Å²) in [6, 6.07) is 7.63. The number of benzene rings is 1. The van der Waals surface area contributed by atoms with Gasteiger partial charge < -0.3 is 10.1 Å². The molecule has 0 bridgehead atoms. The molecule has 0 aliphatic rings. The number of imidazole rings is 1. The fourth-order valence-electron chi connectivity index (χ4n) is 2.56. The SMILES string of the molecule is CCC(NC(=O)/C=C/c1c(Cl)nc2sccn12)c1ccc(OC)cc1. The summed E-state index contributed by atoms with van der Waals surface area (Å²) in [7, 11) is 1.63. The molecule has 5 nitrogen and oxygen atoms in total. The van der Waals surface area contributed by atoms with Crippen molar-refractivity contribution in [2.75, 3.05) is 7.11 Å². The Bertz CT molecular complexity index is 899. The molecule has 0 spiro atoms. The van der Waals surface area contributed by atoms with Gasteiger partial charge in [0.1, 0.15) is 5.75 Å². The number of hydrogen-bond donors (Lipinski definition) is 1. The van der Waals surface area contributed by atoms with Crippen LogP contribution in [0.2, 0.25) is 5.15 Å². The van der Waals surface area contributed by atoms with E-state index in [0.29, 0.717) is 10.8 Å². The molecule has 0 radical (unpaired) electrons. The third-order valence-electron chi connectivity index (χ3n) is 3.89. The summed E-state index contributed by atoms with van der Waals surface area (Å²) >= 11 is 7.62. The molecule has 0 aliphatic heterocycles. The number of methoxy groups -OCH3 is 1. The molecule has 25 heavy (non-hydrogen) atoms. The van der Waals surface area contributed by atoms with Crippen LogP contribution >= 0.6 is 22.9 Å². The molecule has 3 rings (SSSR count). The third-order valence-corrected chi connectivity index (χ3v) is 4.92. The number of fused-ring (bicyclic) bond motifs is 1. The van der Waals surface area contributed by atoms with E-state index in [4.69, 9.17) is 16.3 Å². The van der Waals surface area contributed by atoms with Gasteiger partial charge in [-0.05, 0) is 30.2 Å². The van der Waals surface area contributed by atoms with Gasteiger partial charge in [-0.3, -0.25) is 9.20 Å². The molecule has 2 aromatic heterocycles. The second-order valence-electron chi connectivity index (χ2n) is 5.42. The molecule has 7 heteroatoms. The van der Waals surface area contributed by atoms with Crippen LogP contribution in [0.4, 0.5) is 0 Å². The minimum Gasteiger partial charge on any atom is -0.497 e. The van der Waals surface area contributed by atoms with Gasteiger partial charge in [-0.15, -0.1) is 11.3 Å². The van der Waals surface area contributed by atoms with Gasteiger partial charge in [0.2, 0.25) is 5.91 Å². The van der Waals surface area contributed by atoms with Gasteiger partial charge in [-0.1, -0.05) is 30.7 Å². The van der Waals surface area contributed by atoms with Crippen molar-refractivity contribution in [3.05, 3.63) is 58.3 Å². The fourth-order valence-corrected chi connectivity index (χ4v) is 3.56. The number of carbonyl (C=O) groups excluding carboxylic acids is 1. The minimum atomic E-state index is -0.177. The third kappa shape index (κ3) is 3.86. The molecule has 3 aromatic rings. The summed E-state index contributed by atoms with van der Waals surface area (Å²) in [5.74, 6) is 0.615. The lowest BCUT2D eigenvalue weighted by Gasteiger charge is -2.16. The first kappa shape index (κ1) is 17.5. The van der Waals surface area contributed by atoms with Crippen LogP contribution in [0.3, 0.4) is 0 Å². The van der Waals surface area contributed by atoms with Crippen LogP contribution in [0.1, 0.15) is 30.6 Å². The van der Waals surface area contributed by atoms with Crippen LogP contribution in [-0.2, 0) is 4.79 Å².